The minimum absolute atomic E-state index is 0.0842. The maximum atomic E-state index is 11.6. The lowest BCUT2D eigenvalue weighted by Crippen LogP contribution is -2.11. The van der Waals surface area contributed by atoms with Crippen LogP contribution in [0.1, 0.15) is 46.5 Å². The molecule has 1 aromatic carbocycles. The Bertz CT molecular complexity index is 357. The van der Waals surface area contributed by atoms with Gasteiger partial charge >= 0.3 is 0 Å². The predicted molar refractivity (Wildman–Crippen MR) is 75.0 cm³/mol. The first kappa shape index (κ1) is 14.6. The van der Waals surface area contributed by atoms with Gasteiger partial charge in [-0.2, -0.15) is 0 Å². The van der Waals surface area contributed by atoms with Crippen LogP contribution >= 0.6 is 0 Å². The van der Waals surface area contributed by atoms with Crippen molar-refractivity contribution in [3.8, 4) is 5.75 Å². The molecule has 0 radical (unpaired) electrons. The van der Waals surface area contributed by atoms with E-state index in [4.69, 9.17) is 4.74 Å². The fraction of sp³-hybridized carbons (Fsp3) is 0.533. The molecule has 3 heteroatoms. The number of hydrogen-bond donors (Lipinski definition) is 1. The molecule has 0 atom stereocenters. The van der Waals surface area contributed by atoms with E-state index in [0.29, 0.717) is 6.42 Å². The van der Waals surface area contributed by atoms with Crippen molar-refractivity contribution in [2.75, 3.05) is 5.32 Å². The van der Waals surface area contributed by atoms with Crippen molar-refractivity contribution in [2.45, 2.75) is 52.6 Å². The standard InChI is InChI=1S/C15H23NO2/c1-4-5-6-7-15(17)16-13-8-10-14(11-9-13)18-12(2)3/h8-12H,4-7H2,1-3H3,(H,16,17). The van der Waals surface area contributed by atoms with Crippen LogP contribution in [0.3, 0.4) is 0 Å². The number of ether oxygens (including phenoxy) is 1. The molecule has 0 aliphatic rings. The fourth-order valence-electron chi connectivity index (χ4n) is 1.65. The van der Waals surface area contributed by atoms with E-state index in [1.807, 2.05) is 38.1 Å². The molecule has 0 bridgehead atoms. The van der Waals surface area contributed by atoms with Crippen molar-refractivity contribution in [2.24, 2.45) is 0 Å². The van der Waals surface area contributed by atoms with E-state index in [1.54, 1.807) is 0 Å². The summed E-state index contributed by atoms with van der Waals surface area (Å²) in [6.07, 6.45) is 3.96. The van der Waals surface area contributed by atoms with Gasteiger partial charge < -0.3 is 10.1 Å². The van der Waals surface area contributed by atoms with Gasteiger partial charge in [0.05, 0.1) is 6.10 Å². The molecule has 100 valence electrons. The number of hydrogen-bond acceptors (Lipinski definition) is 2. The summed E-state index contributed by atoms with van der Waals surface area (Å²) in [7, 11) is 0. The van der Waals surface area contributed by atoms with Crippen molar-refractivity contribution in [1.29, 1.82) is 0 Å². The molecular formula is C15H23NO2. The van der Waals surface area contributed by atoms with Crippen molar-refractivity contribution >= 4 is 11.6 Å². The molecule has 1 aromatic rings. The average molecular weight is 249 g/mol. The molecule has 1 rings (SSSR count). The van der Waals surface area contributed by atoms with E-state index in [-0.39, 0.29) is 12.0 Å². The van der Waals surface area contributed by atoms with Gasteiger partial charge in [0.25, 0.3) is 0 Å². The van der Waals surface area contributed by atoms with Gasteiger partial charge in [-0.15, -0.1) is 0 Å². The van der Waals surface area contributed by atoms with Crippen LogP contribution < -0.4 is 10.1 Å². The van der Waals surface area contributed by atoms with Gasteiger partial charge in [-0.1, -0.05) is 19.8 Å². The molecule has 0 heterocycles. The van der Waals surface area contributed by atoms with Gasteiger partial charge in [-0.05, 0) is 44.5 Å². The van der Waals surface area contributed by atoms with Crippen LogP contribution in [0.25, 0.3) is 0 Å². The van der Waals surface area contributed by atoms with E-state index in [1.165, 1.54) is 0 Å². The molecular weight excluding hydrogens is 226 g/mol. The molecule has 0 aromatic heterocycles. The van der Waals surface area contributed by atoms with Crippen molar-refractivity contribution < 1.29 is 9.53 Å². The Morgan fingerprint density at radius 2 is 1.89 bits per heavy atom. The molecule has 0 saturated carbocycles. The van der Waals surface area contributed by atoms with E-state index in [0.717, 1.165) is 30.7 Å². The summed E-state index contributed by atoms with van der Waals surface area (Å²) >= 11 is 0. The quantitative estimate of drug-likeness (QED) is 0.742. The van der Waals surface area contributed by atoms with E-state index < -0.39 is 0 Å². The highest BCUT2D eigenvalue weighted by Gasteiger charge is 2.02. The van der Waals surface area contributed by atoms with Gasteiger partial charge in [0.15, 0.2) is 0 Å². The van der Waals surface area contributed by atoms with Crippen LogP contribution in [-0.4, -0.2) is 12.0 Å². The van der Waals surface area contributed by atoms with Gasteiger partial charge in [0, 0.05) is 12.1 Å². The first-order valence-electron chi connectivity index (χ1n) is 6.68. The molecule has 1 N–H and O–H groups in total. The van der Waals surface area contributed by atoms with Crippen molar-refractivity contribution in [1.82, 2.24) is 0 Å². The van der Waals surface area contributed by atoms with Gasteiger partial charge in [0.1, 0.15) is 5.75 Å². The highest BCUT2D eigenvalue weighted by atomic mass is 16.5. The second kappa shape index (κ2) is 7.75. The van der Waals surface area contributed by atoms with E-state index in [2.05, 4.69) is 12.2 Å². The molecule has 0 saturated heterocycles. The van der Waals surface area contributed by atoms with E-state index in [9.17, 15) is 4.79 Å². The Labute approximate surface area is 110 Å². The number of amides is 1. The lowest BCUT2D eigenvalue weighted by Gasteiger charge is -2.10. The predicted octanol–water partition coefficient (Wildman–Crippen LogP) is 3.99. The Balaban J connectivity index is 2.40. The molecule has 0 aliphatic carbocycles. The summed E-state index contributed by atoms with van der Waals surface area (Å²) in [6.45, 7) is 6.11. The third-order valence-electron chi connectivity index (χ3n) is 2.52. The SMILES string of the molecule is CCCCCC(=O)Nc1ccc(OC(C)C)cc1. The molecule has 0 spiro atoms. The summed E-state index contributed by atoms with van der Waals surface area (Å²) in [5.74, 6) is 0.912. The Kier molecular flexibility index (Phi) is 6.26. The second-order valence-electron chi connectivity index (χ2n) is 4.70. The third kappa shape index (κ3) is 5.71. The molecule has 3 nitrogen and oxygen atoms in total. The number of unbranched alkanes of at least 4 members (excludes halogenated alkanes) is 2. The lowest BCUT2D eigenvalue weighted by atomic mass is 10.2. The fourth-order valence-corrected chi connectivity index (χ4v) is 1.65. The molecule has 0 fully saturated rings. The molecule has 0 unspecified atom stereocenters. The summed E-state index contributed by atoms with van der Waals surface area (Å²) in [5.41, 5.74) is 0.826. The lowest BCUT2D eigenvalue weighted by molar-refractivity contribution is -0.116. The van der Waals surface area contributed by atoms with Gasteiger partial charge in [0.2, 0.25) is 5.91 Å². The zero-order valence-corrected chi connectivity index (χ0v) is 11.5. The molecule has 1 amide bonds. The van der Waals surface area contributed by atoms with Crippen LogP contribution in [-0.2, 0) is 4.79 Å². The summed E-state index contributed by atoms with van der Waals surface area (Å²) in [5, 5.41) is 2.89. The Morgan fingerprint density at radius 1 is 1.22 bits per heavy atom. The van der Waals surface area contributed by atoms with Crippen LogP contribution in [0.4, 0.5) is 5.69 Å². The third-order valence-corrected chi connectivity index (χ3v) is 2.52. The number of benzene rings is 1. The highest BCUT2D eigenvalue weighted by molar-refractivity contribution is 5.90. The first-order chi connectivity index (χ1) is 8.61. The summed E-state index contributed by atoms with van der Waals surface area (Å²) < 4.78 is 5.54. The zero-order chi connectivity index (χ0) is 13.4. The second-order valence-corrected chi connectivity index (χ2v) is 4.70. The summed E-state index contributed by atoms with van der Waals surface area (Å²) in [6, 6.07) is 7.49. The number of rotatable bonds is 7. The van der Waals surface area contributed by atoms with E-state index >= 15 is 0 Å². The normalized spacial score (nSPS) is 10.4. The topological polar surface area (TPSA) is 38.3 Å². The summed E-state index contributed by atoms with van der Waals surface area (Å²) in [4.78, 5) is 11.6. The van der Waals surface area contributed by atoms with Crippen molar-refractivity contribution in [3.63, 3.8) is 0 Å². The minimum Gasteiger partial charge on any atom is -0.491 e. The number of nitrogens with one attached hydrogen (secondary N) is 1. The van der Waals surface area contributed by atoms with Crippen LogP contribution in [0, 0.1) is 0 Å². The van der Waals surface area contributed by atoms with Crippen LogP contribution in [0.15, 0.2) is 24.3 Å². The first-order valence-corrected chi connectivity index (χ1v) is 6.68. The van der Waals surface area contributed by atoms with Crippen molar-refractivity contribution in [3.05, 3.63) is 24.3 Å². The molecule has 18 heavy (non-hydrogen) atoms. The minimum atomic E-state index is 0.0842. The smallest absolute Gasteiger partial charge is 0.224 e. The average Bonchev–Trinajstić information content (AvgIpc) is 2.31. The number of anilines is 1. The van der Waals surface area contributed by atoms with Crippen LogP contribution in [0.2, 0.25) is 0 Å². The number of carbonyl (C=O) groups is 1. The Morgan fingerprint density at radius 3 is 2.44 bits per heavy atom. The molecule has 0 aliphatic heterocycles. The maximum absolute atomic E-state index is 11.6. The monoisotopic (exact) mass is 249 g/mol. The van der Waals surface area contributed by atoms with Crippen LogP contribution in [0.5, 0.6) is 5.75 Å². The zero-order valence-electron chi connectivity index (χ0n) is 11.5. The van der Waals surface area contributed by atoms with Gasteiger partial charge in [-0.3, -0.25) is 4.79 Å². The largest absolute Gasteiger partial charge is 0.491 e. The number of carbonyl (C=O) groups excluding carboxylic acids is 1. The maximum Gasteiger partial charge on any atom is 0.224 e. The highest BCUT2D eigenvalue weighted by Crippen LogP contribution is 2.17. The Hall–Kier alpha value is -1.51. The van der Waals surface area contributed by atoms with Gasteiger partial charge in [-0.25, -0.2) is 0 Å².